The van der Waals surface area contributed by atoms with Gasteiger partial charge in [-0.2, -0.15) is 0 Å². The Morgan fingerprint density at radius 3 is 2.15 bits per heavy atom. The normalized spacial score (nSPS) is 20.7. The van der Waals surface area contributed by atoms with Crippen molar-refractivity contribution in [2.24, 2.45) is 16.7 Å². The fourth-order valence-corrected chi connectivity index (χ4v) is 3.53. The van der Waals surface area contributed by atoms with Gasteiger partial charge < -0.3 is 4.79 Å². The number of carbonyl (C=O) groups is 3. The van der Waals surface area contributed by atoms with Crippen LogP contribution in [0.2, 0.25) is 0 Å². The van der Waals surface area contributed by atoms with Crippen LogP contribution in [0.15, 0.2) is 0 Å². The predicted octanol–water partition coefficient (Wildman–Crippen LogP) is 2.80. The molecular weight excluding hydrogens is 254 g/mol. The highest BCUT2D eigenvalue weighted by Crippen LogP contribution is 2.38. The van der Waals surface area contributed by atoms with Gasteiger partial charge in [-0.1, -0.05) is 34.6 Å². The Morgan fingerprint density at radius 1 is 1.20 bits per heavy atom. The number of hydrogen-bond donors (Lipinski definition) is 0. The van der Waals surface area contributed by atoms with E-state index in [2.05, 4.69) is 27.7 Å². The number of nitrogens with zero attached hydrogens (tertiary/aromatic N) is 1. The molecule has 0 aromatic rings. The number of hydrogen-bond acceptors (Lipinski definition) is 3. The SMILES string of the molecule is CC(=O)CC(C)(C)CC(C)(C)CN1C(=O)CC(C)C1=O. The summed E-state index contributed by atoms with van der Waals surface area (Å²) in [4.78, 5) is 36.6. The van der Waals surface area contributed by atoms with E-state index >= 15 is 0 Å². The van der Waals surface area contributed by atoms with Gasteiger partial charge in [0.1, 0.15) is 5.78 Å². The molecule has 1 aliphatic heterocycles. The number of rotatable bonds is 6. The van der Waals surface area contributed by atoms with Gasteiger partial charge in [0.2, 0.25) is 11.8 Å². The van der Waals surface area contributed by atoms with Gasteiger partial charge in [-0.15, -0.1) is 0 Å². The standard InChI is InChI=1S/C16H27NO3/c1-11-7-13(19)17(14(11)20)10-16(5,6)9-15(3,4)8-12(2)18/h11H,7-10H2,1-6H3. The minimum Gasteiger partial charge on any atom is -0.300 e. The molecule has 0 aromatic heterocycles. The lowest BCUT2D eigenvalue weighted by Crippen LogP contribution is -2.40. The Balaban J connectivity index is 2.72. The fourth-order valence-electron chi connectivity index (χ4n) is 3.53. The molecular formula is C16H27NO3. The number of amides is 2. The van der Waals surface area contributed by atoms with Crippen LogP contribution in [-0.4, -0.2) is 29.0 Å². The van der Waals surface area contributed by atoms with Gasteiger partial charge in [0.05, 0.1) is 0 Å². The Kier molecular flexibility index (Phi) is 4.78. The predicted molar refractivity (Wildman–Crippen MR) is 78.0 cm³/mol. The second kappa shape index (κ2) is 5.66. The number of imide groups is 1. The first-order valence-electron chi connectivity index (χ1n) is 7.27. The Hall–Kier alpha value is -1.19. The quantitative estimate of drug-likeness (QED) is 0.703. The van der Waals surface area contributed by atoms with Crippen molar-refractivity contribution in [2.75, 3.05) is 6.54 Å². The first kappa shape index (κ1) is 16.9. The molecule has 1 atom stereocenters. The second-order valence-electron chi connectivity index (χ2n) is 7.81. The van der Waals surface area contributed by atoms with E-state index in [0.717, 1.165) is 6.42 Å². The van der Waals surface area contributed by atoms with Gasteiger partial charge in [0.15, 0.2) is 0 Å². The lowest BCUT2D eigenvalue weighted by molar-refractivity contribution is -0.141. The zero-order chi connectivity index (χ0) is 15.7. The van der Waals surface area contributed by atoms with E-state index in [1.807, 2.05) is 0 Å². The fraction of sp³-hybridized carbons (Fsp3) is 0.812. The van der Waals surface area contributed by atoms with Crippen LogP contribution >= 0.6 is 0 Å². The van der Waals surface area contributed by atoms with Crippen molar-refractivity contribution in [3.63, 3.8) is 0 Å². The maximum absolute atomic E-state index is 12.0. The van der Waals surface area contributed by atoms with Crippen molar-refractivity contribution in [3.05, 3.63) is 0 Å². The number of Topliss-reactive ketones (excluding diaryl/α,β-unsaturated/α-hetero) is 1. The first-order valence-corrected chi connectivity index (χ1v) is 7.27. The third-order valence-electron chi connectivity index (χ3n) is 3.74. The topological polar surface area (TPSA) is 54.5 Å². The molecule has 1 heterocycles. The van der Waals surface area contributed by atoms with E-state index in [1.54, 1.807) is 13.8 Å². The van der Waals surface area contributed by atoms with Crippen molar-refractivity contribution in [1.82, 2.24) is 4.90 Å². The Morgan fingerprint density at radius 2 is 1.75 bits per heavy atom. The van der Waals surface area contributed by atoms with Crippen molar-refractivity contribution in [1.29, 1.82) is 0 Å². The molecule has 0 bridgehead atoms. The van der Waals surface area contributed by atoms with Gasteiger partial charge in [-0.05, 0) is 24.2 Å². The summed E-state index contributed by atoms with van der Waals surface area (Å²) in [5.41, 5.74) is -0.304. The summed E-state index contributed by atoms with van der Waals surface area (Å²) in [6.45, 7) is 12.1. The molecule has 1 rings (SSSR count). The molecule has 1 fully saturated rings. The monoisotopic (exact) mass is 281 g/mol. The number of carbonyl (C=O) groups excluding carboxylic acids is 3. The molecule has 0 aliphatic carbocycles. The van der Waals surface area contributed by atoms with E-state index in [-0.39, 0.29) is 34.3 Å². The Bertz CT molecular complexity index is 423. The molecule has 1 aliphatic rings. The molecule has 20 heavy (non-hydrogen) atoms. The highest BCUT2D eigenvalue weighted by Gasteiger charge is 2.40. The summed E-state index contributed by atoms with van der Waals surface area (Å²) in [5, 5.41) is 0. The molecule has 0 N–H and O–H groups in total. The smallest absolute Gasteiger partial charge is 0.232 e. The van der Waals surface area contributed by atoms with E-state index in [4.69, 9.17) is 0 Å². The maximum Gasteiger partial charge on any atom is 0.232 e. The molecule has 0 aromatic carbocycles. The van der Waals surface area contributed by atoms with Crippen molar-refractivity contribution < 1.29 is 14.4 Å². The van der Waals surface area contributed by atoms with Crippen LogP contribution in [0, 0.1) is 16.7 Å². The summed E-state index contributed by atoms with van der Waals surface area (Å²) in [6, 6.07) is 0. The maximum atomic E-state index is 12.0. The average molecular weight is 281 g/mol. The van der Waals surface area contributed by atoms with Gasteiger partial charge in [0.25, 0.3) is 0 Å². The molecule has 0 spiro atoms. The zero-order valence-electron chi connectivity index (χ0n) is 13.6. The van der Waals surface area contributed by atoms with Crippen LogP contribution in [0.3, 0.4) is 0 Å². The molecule has 0 saturated carbocycles. The zero-order valence-corrected chi connectivity index (χ0v) is 13.6. The third kappa shape index (κ3) is 4.43. The number of likely N-dealkylation sites (tertiary alicyclic amines) is 1. The molecule has 4 nitrogen and oxygen atoms in total. The van der Waals surface area contributed by atoms with E-state index < -0.39 is 0 Å². The van der Waals surface area contributed by atoms with Crippen LogP contribution in [-0.2, 0) is 14.4 Å². The van der Waals surface area contributed by atoms with Crippen LogP contribution < -0.4 is 0 Å². The van der Waals surface area contributed by atoms with Crippen molar-refractivity contribution in [3.8, 4) is 0 Å². The highest BCUT2D eigenvalue weighted by atomic mass is 16.2. The van der Waals surface area contributed by atoms with Crippen molar-refractivity contribution >= 4 is 17.6 Å². The van der Waals surface area contributed by atoms with Crippen LogP contribution in [0.1, 0.15) is 60.8 Å². The minimum atomic E-state index is -0.191. The van der Waals surface area contributed by atoms with Gasteiger partial charge in [-0.3, -0.25) is 14.5 Å². The minimum absolute atomic E-state index is 0.0625. The van der Waals surface area contributed by atoms with Gasteiger partial charge in [-0.25, -0.2) is 0 Å². The first-order chi connectivity index (χ1) is 8.93. The molecule has 1 saturated heterocycles. The second-order valence-corrected chi connectivity index (χ2v) is 7.81. The molecule has 1 unspecified atom stereocenters. The largest absolute Gasteiger partial charge is 0.300 e. The lowest BCUT2D eigenvalue weighted by Gasteiger charge is -2.36. The van der Waals surface area contributed by atoms with Crippen molar-refractivity contribution in [2.45, 2.75) is 60.8 Å². The number of ketones is 1. The Labute approximate surface area is 121 Å². The van der Waals surface area contributed by atoms with Crippen LogP contribution in [0.25, 0.3) is 0 Å². The molecule has 4 heteroatoms. The van der Waals surface area contributed by atoms with E-state index in [9.17, 15) is 14.4 Å². The van der Waals surface area contributed by atoms with Gasteiger partial charge >= 0.3 is 0 Å². The lowest BCUT2D eigenvalue weighted by atomic mass is 9.72. The molecule has 114 valence electrons. The van der Waals surface area contributed by atoms with Crippen LogP contribution in [0.4, 0.5) is 0 Å². The molecule has 0 radical (unpaired) electrons. The average Bonchev–Trinajstić information content (AvgIpc) is 2.40. The summed E-state index contributed by atoms with van der Waals surface area (Å²) in [6.07, 6.45) is 1.64. The van der Waals surface area contributed by atoms with E-state index in [1.165, 1.54) is 4.90 Å². The highest BCUT2D eigenvalue weighted by molar-refractivity contribution is 6.03. The summed E-state index contributed by atoms with van der Waals surface area (Å²) >= 11 is 0. The van der Waals surface area contributed by atoms with Crippen LogP contribution in [0.5, 0.6) is 0 Å². The molecule has 2 amide bonds. The summed E-state index contributed by atoms with van der Waals surface area (Å²) < 4.78 is 0. The summed E-state index contributed by atoms with van der Waals surface area (Å²) in [7, 11) is 0. The van der Waals surface area contributed by atoms with Gasteiger partial charge in [0, 0.05) is 25.3 Å². The van der Waals surface area contributed by atoms with E-state index in [0.29, 0.717) is 19.4 Å². The third-order valence-corrected chi connectivity index (χ3v) is 3.74. The summed E-state index contributed by atoms with van der Waals surface area (Å²) in [5.74, 6) is -0.149.